The summed E-state index contributed by atoms with van der Waals surface area (Å²) < 4.78 is 5.45. The fourth-order valence-corrected chi connectivity index (χ4v) is 2.58. The molecular weight excluding hydrogens is 270 g/mol. The van der Waals surface area contributed by atoms with Gasteiger partial charge in [0.15, 0.2) is 0 Å². The summed E-state index contributed by atoms with van der Waals surface area (Å²) in [6.45, 7) is 9.49. The number of hydrogen-bond donors (Lipinski definition) is 1. The van der Waals surface area contributed by atoms with E-state index in [1.54, 1.807) is 0 Å². The van der Waals surface area contributed by atoms with Gasteiger partial charge in [0.05, 0.1) is 6.61 Å². The van der Waals surface area contributed by atoms with Crippen LogP contribution in [0, 0.1) is 5.92 Å². The first-order valence-electron chi connectivity index (χ1n) is 9.18. The topological polar surface area (TPSA) is 21.3 Å². The first kappa shape index (κ1) is 19.0. The van der Waals surface area contributed by atoms with E-state index in [4.69, 9.17) is 4.74 Å². The number of rotatable bonds is 13. The molecule has 0 saturated heterocycles. The lowest BCUT2D eigenvalue weighted by molar-refractivity contribution is 0.340. The predicted molar refractivity (Wildman–Crippen MR) is 96.5 cm³/mol. The summed E-state index contributed by atoms with van der Waals surface area (Å²) in [5.74, 6) is 1.87. The monoisotopic (exact) mass is 305 g/mol. The Hall–Kier alpha value is -1.02. The summed E-state index contributed by atoms with van der Waals surface area (Å²) >= 11 is 0. The van der Waals surface area contributed by atoms with E-state index in [-0.39, 0.29) is 0 Å². The Balaban J connectivity index is 1.95. The van der Waals surface area contributed by atoms with Gasteiger partial charge in [-0.15, -0.1) is 0 Å². The minimum Gasteiger partial charge on any atom is -0.494 e. The van der Waals surface area contributed by atoms with Crippen molar-refractivity contribution in [2.75, 3.05) is 13.2 Å². The highest BCUT2D eigenvalue weighted by atomic mass is 16.5. The largest absolute Gasteiger partial charge is 0.494 e. The molecule has 1 atom stereocenters. The van der Waals surface area contributed by atoms with E-state index in [0.29, 0.717) is 0 Å². The number of ether oxygens (including phenoxy) is 1. The van der Waals surface area contributed by atoms with Gasteiger partial charge in [-0.2, -0.15) is 0 Å². The summed E-state index contributed by atoms with van der Waals surface area (Å²) in [7, 11) is 0. The highest BCUT2D eigenvalue weighted by Gasteiger charge is 1.98. The van der Waals surface area contributed by atoms with Crippen LogP contribution >= 0.6 is 0 Å². The molecule has 0 amide bonds. The van der Waals surface area contributed by atoms with E-state index in [1.807, 2.05) is 6.92 Å². The average Bonchev–Trinajstić information content (AvgIpc) is 2.54. The SMILES string of the molecule is CCOc1ccc(CNCCCCCCCC(C)CC)cc1. The molecule has 0 fully saturated rings. The van der Waals surface area contributed by atoms with Gasteiger partial charge in [0.25, 0.3) is 0 Å². The lowest BCUT2D eigenvalue weighted by Crippen LogP contribution is -2.14. The Bertz CT molecular complexity index is 360. The summed E-state index contributed by atoms with van der Waals surface area (Å²) in [6, 6.07) is 8.40. The maximum Gasteiger partial charge on any atom is 0.119 e. The van der Waals surface area contributed by atoms with Crippen LogP contribution in [0.4, 0.5) is 0 Å². The molecule has 1 N–H and O–H groups in total. The van der Waals surface area contributed by atoms with Crippen molar-refractivity contribution in [2.24, 2.45) is 5.92 Å². The zero-order valence-corrected chi connectivity index (χ0v) is 14.9. The molecule has 2 heteroatoms. The lowest BCUT2D eigenvalue weighted by atomic mass is 10.00. The number of hydrogen-bond acceptors (Lipinski definition) is 2. The van der Waals surface area contributed by atoms with Gasteiger partial charge < -0.3 is 10.1 Å². The van der Waals surface area contributed by atoms with Crippen LogP contribution in [-0.2, 0) is 6.54 Å². The van der Waals surface area contributed by atoms with Crippen molar-refractivity contribution in [1.29, 1.82) is 0 Å². The second kappa shape index (κ2) is 12.5. The molecule has 0 radical (unpaired) electrons. The van der Waals surface area contributed by atoms with Crippen LogP contribution in [0.1, 0.15) is 71.3 Å². The van der Waals surface area contributed by atoms with E-state index >= 15 is 0 Å². The fraction of sp³-hybridized carbons (Fsp3) is 0.700. The molecule has 0 aliphatic carbocycles. The molecule has 1 unspecified atom stereocenters. The van der Waals surface area contributed by atoms with Crippen LogP contribution in [0.25, 0.3) is 0 Å². The van der Waals surface area contributed by atoms with Crippen molar-refractivity contribution in [3.8, 4) is 5.75 Å². The summed E-state index contributed by atoms with van der Waals surface area (Å²) in [5, 5.41) is 3.53. The molecule has 0 heterocycles. The molecule has 126 valence electrons. The highest BCUT2D eigenvalue weighted by molar-refractivity contribution is 5.27. The third-order valence-electron chi connectivity index (χ3n) is 4.31. The number of nitrogens with one attached hydrogen (secondary N) is 1. The zero-order chi connectivity index (χ0) is 16.0. The van der Waals surface area contributed by atoms with Gasteiger partial charge >= 0.3 is 0 Å². The van der Waals surface area contributed by atoms with Crippen LogP contribution in [0.15, 0.2) is 24.3 Å². The Morgan fingerprint density at radius 1 is 0.955 bits per heavy atom. The number of benzene rings is 1. The minimum atomic E-state index is 0.731. The van der Waals surface area contributed by atoms with Crippen molar-refractivity contribution in [1.82, 2.24) is 5.32 Å². The van der Waals surface area contributed by atoms with E-state index in [2.05, 4.69) is 43.4 Å². The highest BCUT2D eigenvalue weighted by Crippen LogP contribution is 2.14. The van der Waals surface area contributed by atoms with E-state index < -0.39 is 0 Å². The van der Waals surface area contributed by atoms with Gasteiger partial charge in [-0.05, 0) is 43.5 Å². The smallest absolute Gasteiger partial charge is 0.119 e. The zero-order valence-electron chi connectivity index (χ0n) is 14.9. The molecule has 0 aliphatic heterocycles. The predicted octanol–water partition coefficient (Wildman–Crippen LogP) is 5.56. The second-order valence-electron chi connectivity index (χ2n) is 6.32. The molecule has 22 heavy (non-hydrogen) atoms. The van der Waals surface area contributed by atoms with Gasteiger partial charge in [-0.1, -0.05) is 64.5 Å². The molecule has 0 aliphatic rings. The minimum absolute atomic E-state index is 0.731. The first-order valence-corrected chi connectivity index (χ1v) is 9.18. The van der Waals surface area contributed by atoms with Crippen LogP contribution in [0.3, 0.4) is 0 Å². The van der Waals surface area contributed by atoms with E-state index in [1.165, 1.54) is 50.5 Å². The van der Waals surface area contributed by atoms with Crippen molar-refractivity contribution >= 4 is 0 Å². The van der Waals surface area contributed by atoms with Crippen LogP contribution in [0.5, 0.6) is 5.75 Å². The summed E-state index contributed by atoms with van der Waals surface area (Å²) in [6.07, 6.45) is 9.60. The molecule has 1 aromatic carbocycles. The van der Waals surface area contributed by atoms with E-state index in [9.17, 15) is 0 Å². The van der Waals surface area contributed by atoms with Gasteiger partial charge in [-0.3, -0.25) is 0 Å². The average molecular weight is 306 g/mol. The van der Waals surface area contributed by atoms with E-state index in [0.717, 1.165) is 31.4 Å². The van der Waals surface area contributed by atoms with Crippen molar-refractivity contribution in [2.45, 2.75) is 72.3 Å². The van der Waals surface area contributed by atoms with Gasteiger partial charge in [0.1, 0.15) is 5.75 Å². The van der Waals surface area contributed by atoms with Crippen LogP contribution in [0.2, 0.25) is 0 Å². The quantitative estimate of drug-likeness (QED) is 0.482. The lowest BCUT2D eigenvalue weighted by Gasteiger charge is -2.08. The Kier molecular flexibility index (Phi) is 10.8. The molecule has 2 nitrogen and oxygen atoms in total. The molecule has 0 spiro atoms. The third kappa shape index (κ3) is 9.09. The third-order valence-corrected chi connectivity index (χ3v) is 4.31. The second-order valence-corrected chi connectivity index (χ2v) is 6.32. The standard InChI is InChI=1S/C20H35NO/c1-4-18(3)11-9-7-6-8-10-16-21-17-19-12-14-20(15-13-19)22-5-2/h12-15,18,21H,4-11,16-17H2,1-3H3. The van der Waals surface area contributed by atoms with Crippen molar-refractivity contribution in [3.63, 3.8) is 0 Å². The van der Waals surface area contributed by atoms with Crippen LogP contribution in [-0.4, -0.2) is 13.2 Å². The van der Waals surface area contributed by atoms with Gasteiger partial charge in [0.2, 0.25) is 0 Å². The molecule has 0 aromatic heterocycles. The molecule has 0 saturated carbocycles. The van der Waals surface area contributed by atoms with Crippen molar-refractivity contribution in [3.05, 3.63) is 29.8 Å². The Morgan fingerprint density at radius 2 is 1.64 bits per heavy atom. The van der Waals surface area contributed by atoms with Gasteiger partial charge in [-0.25, -0.2) is 0 Å². The molecule has 1 rings (SSSR count). The van der Waals surface area contributed by atoms with Crippen LogP contribution < -0.4 is 10.1 Å². The Morgan fingerprint density at radius 3 is 2.32 bits per heavy atom. The van der Waals surface area contributed by atoms with Gasteiger partial charge in [0, 0.05) is 6.54 Å². The first-order chi connectivity index (χ1) is 10.8. The van der Waals surface area contributed by atoms with Crippen molar-refractivity contribution < 1.29 is 4.74 Å². The summed E-state index contributed by atoms with van der Waals surface area (Å²) in [5.41, 5.74) is 1.33. The Labute approximate surface area is 137 Å². The molecule has 0 bridgehead atoms. The molecular formula is C20H35NO. The normalized spacial score (nSPS) is 12.3. The molecule has 1 aromatic rings. The maximum atomic E-state index is 5.45. The maximum absolute atomic E-state index is 5.45. The summed E-state index contributed by atoms with van der Waals surface area (Å²) in [4.78, 5) is 0. The number of unbranched alkanes of at least 4 members (excludes halogenated alkanes) is 4. The fourth-order valence-electron chi connectivity index (χ4n) is 2.58.